The quantitative estimate of drug-likeness (QED) is 0.505. The van der Waals surface area contributed by atoms with Crippen molar-refractivity contribution in [3.63, 3.8) is 0 Å². The molecule has 29 heavy (non-hydrogen) atoms. The summed E-state index contributed by atoms with van der Waals surface area (Å²) in [6.45, 7) is 2.34. The van der Waals surface area contributed by atoms with Gasteiger partial charge in [-0.3, -0.25) is 4.79 Å². The summed E-state index contributed by atoms with van der Waals surface area (Å²) in [4.78, 5) is 17.1. The molecule has 0 fully saturated rings. The lowest BCUT2D eigenvalue weighted by Gasteiger charge is -2.09. The topological polar surface area (TPSA) is 68.5 Å². The molecule has 0 bridgehead atoms. The maximum Gasteiger partial charge on any atom is 0.257 e. The first kappa shape index (κ1) is 19.1. The van der Waals surface area contributed by atoms with Crippen LogP contribution in [0.5, 0.6) is 5.75 Å². The van der Waals surface area contributed by atoms with Crippen molar-refractivity contribution < 1.29 is 13.9 Å². The Morgan fingerprint density at radius 3 is 2.83 bits per heavy atom. The number of para-hydroxylation sites is 1. The summed E-state index contributed by atoms with van der Waals surface area (Å²) in [6, 6.07) is 14.0. The molecule has 0 saturated heterocycles. The summed E-state index contributed by atoms with van der Waals surface area (Å²) < 4.78 is 21.2. The lowest BCUT2D eigenvalue weighted by atomic mass is 10.2. The molecule has 4 aromatic rings. The Bertz CT molecular complexity index is 1150. The Morgan fingerprint density at radius 1 is 1.21 bits per heavy atom. The van der Waals surface area contributed by atoms with Gasteiger partial charge in [-0.05, 0) is 30.7 Å². The number of carbonyl (C=O) groups is 1. The molecule has 1 amide bonds. The number of hydrogen-bond donors (Lipinski definition) is 1. The Labute approximate surface area is 171 Å². The van der Waals surface area contributed by atoms with Crippen molar-refractivity contribution in [3.05, 3.63) is 71.0 Å². The highest BCUT2D eigenvalue weighted by atomic mass is 32.1. The lowest BCUT2D eigenvalue weighted by Crippen LogP contribution is -2.30. The van der Waals surface area contributed by atoms with Gasteiger partial charge in [0, 0.05) is 18.3 Å². The molecule has 1 N–H and O–H groups in total. The van der Waals surface area contributed by atoms with Gasteiger partial charge in [0.2, 0.25) is 4.96 Å². The van der Waals surface area contributed by atoms with E-state index in [1.807, 2.05) is 36.6 Å². The first-order chi connectivity index (χ1) is 14.1. The maximum atomic E-state index is 14.0. The van der Waals surface area contributed by atoms with Crippen LogP contribution in [0.15, 0.2) is 53.9 Å². The zero-order chi connectivity index (χ0) is 20.2. The minimum atomic E-state index is -0.354. The molecule has 8 heteroatoms. The maximum absolute atomic E-state index is 14.0. The Morgan fingerprint density at radius 2 is 2.00 bits per heavy atom. The second-order valence-corrected chi connectivity index (χ2v) is 7.33. The molecule has 6 nitrogen and oxygen atoms in total. The Balaban J connectivity index is 1.35. The van der Waals surface area contributed by atoms with Crippen LogP contribution in [0, 0.1) is 12.7 Å². The number of rotatable bonds is 7. The van der Waals surface area contributed by atoms with Gasteiger partial charge in [-0.15, -0.1) is 16.4 Å². The molecule has 0 unspecified atom stereocenters. The van der Waals surface area contributed by atoms with E-state index in [-0.39, 0.29) is 18.3 Å². The van der Waals surface area contributed by atoms with E-state index in [1.165, 1.54) is 17.4 Å². The van der Waals surface area contributed by atoms with Gasteiger partial charge in [0.05, 0.1) is 11.3 Å². The molecule has 0 aliphatic heterocycles. The molecule has 0 aliphatic carbocycles. The van der Waals surface area contributed by atoms with E-state index >= 15 is 0 Å². The largest absolute Gasteiger partial charge is 0.484 e. The zero-order valence-electron chi connectivity index (χ0n) is 15.8. The van der Waals surface area contributed by atoms with Crippen molar-refractivity contribution >= 4 is 22.2 Å². The monoisotopic (exact) mass is 410 g/mol. The molecule has 0 spiro atoms. The molecule has 2 aromatic heterocycles. The van der Waals surface area contributed by atoms with Gasteiger partial charge in [0.1, 0.15) is 11.6 Å². The molecule has 0 radical (unpaired) electrons. The third-order valence-corrected chi connectivity index (χ3v) is 5.29. The van der Waals surface area contributed by atoms with Crippen molar-refractivity contribution in [2.75, 3.05) is 13.2 Å². The standard InChI is InChI=1S/C21H19FN4O2S/c1-14-6-2-5-9-18(14)28-12-19(27)23-11-10-15-13-29-21-24-20(25-26(15)21)16-7-3-4-8-17(16)22/h2-9,13H,10-12H2,1H3,(H,23,27). The Kier molecular flexibility index (Phi) is 5.53. The number of halogens is 1. The van der Waals surface area contributed by atoms with Gasteiger partial charge < -0.3 is 10.1 Å². The number of aryl methyl sites for hydroxylation is 1. The molecule has 2 aromatic carbocycles. The number of benzene rings is 2. The van der Waals surface area contributed by atoms with Crippen LogP contribution in [0.25, 0.3) is 16.3 Å². The SMILES string of the molecule is Cc1ccccc1OCC(=O)NCCc1csc2nc(-c3ccccc3F)nn12. The predicted molar refractivity (Wildman–Crippen MR) is 110 cm³/mol. The van der Waals surface area contributed by atoms with E-state index in [0.29, 0.717) is 35.1 Å². The van der Waals surface area contributed by atoms with Crippen LogP contribution >= 0.6 is 11.3 Å². The molecule has 4 rings (SSSR count). The van der Waals surface area contributed by atoms with E-state index in [0.717, 1.165) is 11.3 Å². The molecular formula is C21H19FN4O2S. The first-order valence-corrected chi connectivity index (χ1v) is 10.0. The molecular weight excluding hydrogens is 391 g/mol. The average Bonchev–Trinajstić information content (AvgIpc) is 3.29. The summed E-state index contributed by atoms with van der Waals surface area (Å²) in [6.07, 6.45) is 0.580. The van der Waals surface area contributed by atoms with Gasteiger partial charge in [-0.25, -0.2) is 8.91 Å². The summed E-state index contributed by atoms with van der Waals surface area (Å²) in [5, 5.41) is 9.21. The number of thiazole rings is 1. The number of nitrogens with one attached hydrogen (secondary N) is 1. The predicted octanol–water partition coefficient (Wildman–Crippen LogP) is 3.64. The van der Waals surface area contributed by atoms with E-state index in [2.05, 4.69) is 15.4 Å². The number of carbonyl (C=O) groups excluding carboxylic acids is 1. The smallest absolute Gasteiger partial charge is 0.257 e. The van der Waals surface area contributed by atoms with Crippen LogP contribution in [0.4, 0.5) is 4.39 Å². The first-order valence-electron chi connectivity index (χ1n) is 9.15. The lowest BCUT2D eigenvalue weighted by molar-refractivity contribution is -0.123. The van der Waals surface area contributed by atoms with E-state index in [9.17, 15) is 9.18 Å². The highest BCUT2D eigenvalue weighted by molar-refractivity contribution is 7.15. The second-order valence-electron chi connectivity index (χ2n) is 6.49. The number of amides is 1. The van der Waals surface area contributed by atoms with E-state index in [1.54, 1.807) is 22.7 Å². The average molecular weight is 410 g/mol. The van der Waals surface area contributed by atoms with Crippen LogP contribution < -0.4 is 10.1 Å². The normalized spacial score (nSPS) is 11.0. The molecule has 148 valence electrons. The van der Waals surface area contributed by atoms with Crippen molar-refractivity contribution in [1.82, 2.24) is 19.9 Å². The minimum Gasteiger partial charge on any atom is -0.484 e. The van der Waals surface area contributed by atoms with Crippen LogP contribution in [-0.4, -0.2) is 33.7 Å². The van der Waals surface area contributed by atoms with Crippen molar-refractivity contribution in [1.29, 1.82) is 0 Å². The van der Waals surface area contributed by atoms with Crippen LogP contribution in [0.2, 0.25) is 0 Å². The number of ether oxygens (including phenoxy) is 1. The van der Waals surface area contributed by atoms with E-state index in [4.69, 9.17) is 4.74 Å². The minimum absolute atomic E-state index is 0.0370. The van der Waals surface area contributed by atoms with Crippen molar-refractivity contribution in [2.24, 2.45) is 0 Å². The molecule has 2 heterocycles. The Hall–Kier alpha value is -3.26. The number of nitrogens with zero attached hydrogens (tertiary/aromatic N) is 3. The van der Waals surface area contributed by atoms with Crippen molar-refractivity contribution in [3.8, 4) is 17.1 Å². The zero-order valence-corrected chi connectivity index (χ0v) is 16.6. The van der Waals surface area contributed by atoms with Crippen LogP contribution in [0.3, 0.4) is 0 Å². The van der Waals surface area contributed by atoms with Crippen LogP contribution in [0.1, 0.15) is 11.3 Å². The molecule has 0 aliphatic rings. The molecule has 0 saturated carbocycles. The van der Waals surface area contributed by atoms with Gasteiger partial charge in [0.15, 0.2) is 12.4 Å². The third kappa shape index (κ3) is 4.27. The highest BCUT2D eigenvalue weighted by Crippen LogP contribution is 2.23. The fourth-order valence-corrected chi connectivity index (χ4v) is 3.75. The summed E-state index contributed by atoms with van der Waals surface area (Å²) in [5.41, 5.74) is 2.26. The van der Waals surface area contributed by atoms with Gasteiger partial charge in [0.25, 0.3) is 5.91 Å². The number of fused-ring (bicyclic) bond motifs is 1. The van der Waals surface area contributed by atoms with Crippen LogP contribution in [-0.2, 0) is 11.2 Å². The van der Waals surface area contributed by atoms with E-state index < -0.39 is 0 Å². The van der Waals surface area contributed by atoms with Gasteiger partial charge >= 0.3 is 0 Å². The number of hydrogen-bond acceptors (Lipinski definition) is 5. The summed E-state index contributed by atoms with van der Waals surface area (Å²) in [5.74, 6) is 0.510. The van der Waals surface area contributed by atoms with Gasteiger partial charge in [-0.1, -0.05) is 30.3 Å². The highest BCUT2D eigenvalue weighted by Gasteiger charge is 2.14. The third-order valence-electron chi connectivity index (χ3n) is 4.42. The van der Waals surface area contributed by atoms with Gasteiger partial charge in [-0.2, -0.15) is 4.98 Å². The summed E-state index contributed by atoms with van der Waals surface area (Å²) >= 11 is 1.43. The summed E-state index contributed by atoms with van der Waals surface area (Å²) in [7, 11) is 0. The fraction of sp³-hybridized carbons (Fsp3) is 0.190. The molecule has 0 atom stereocenters. The second kappa shape index (κ2) is 8.40. The van der Waals surface area contributed by atoms with Crippen molar-refractivity contribution in [2.45, 2.75) is 13.3 Å². The fourth-order valence-electron chi connectivity index (χ4n) is 2.90. The number of aromatic nitrogens is 3.